The second kappa shape index (κ2) is 6.16. The molecule has 0 fully saturated rings. The normalized spacial score (nSPS) is 16.4. The minimum absolute atomic E-state index is 0.0175. The molecule has 0 saturated heterocycles. The van der Waals surface area contributed by atoms with Gasteiger partial charge >= 0.3 is 0 Å². The number of amides is 1. The van der Waals surface area contributed by atoms with E-state index in [4.69, 9.17) is 0 Å². The van der Waals surface area contributed by atoms with Crippen LogP contribution in [0.1, 0.15) is 27.8 Å². The van der Waals surface area contributed by atoms with Crippen LogP contribution in [-0.2, 0) is 6.54 Å². The first-order chi connectivity index (χ1) is 11.8. The lowest BCUT2D eigenvalue weighted by Gasteiger charge is -2.37. The van der Waals surface area contributed by atoms with E-state index in [2.05, 4.69) is 10.3 Å². The van der Waals surface area contributed by atoms with Gasteiger partial charge in [-0.1, -0.05) is 48.5 Å². The number of hydrogen-bond donors (Lipinski definition) is 1. The van der Waals surface area contributed by atoms with Crippen molar-refractivity contribution >= 4 is 11.6 Å². The first-order valence-corrected chi connectivity index (χ1v) is 7.94. The van der Waals surface area contributed by atoms with Gasteiger partial charge in [-0.3, -0.25) is 9.78 Å². The van der Waals surface area contributed by atoms with Gasteiger partial charge in [0.05, 0.1) is 11.3 Å². The predicted octanol–water partition coefficient (Wildman–Crippen LogP) is 3.85. The third kappa shape index (κ3) is 2.63. The molecule has 1 amide bonds. The minimum Gasteiger partial charge on any atom is -0.359 e. The summed E-state index contributed by atoms with van der Waals surface area (Å²) in [6.07, 6.45) is 1.47. The Balaban J connectivity index is 1.76. The number of rotatable bonds is 3. The van der Waals surface area contributed by atoms with Crippen LogP contribution in [0.5, 0.6) is 0 Å². The van der Waals surface area contributed by atoms with Gasteiger partial charge in [-0.2, -0.15) is 0 Å². The molecule has 24 heavy (non-hydrogen) atoms. The smallest absolute Gasteiger partial charge is 0.258 e. The van der Waals surface area contributed by atoms with E-state index in [9.17, 15) is 4.79 Å². The van der Waals surface area contributed by atoms with Crippen molar-refractivity contribution in [2.24, 2.45) is 0 Å². The Labute approximate surface area is 140 Å². The second-order valence-electron chi connectivity index (χ2n) is 5.77. The molecule has 1 atom stereocenters. The van der Waals surface area contributed by atoms with Crippen molar-refractivity contribution in [3.63, 3.8) is 0 Å². The zero-order valence-corrected chi connectivity index (χ0v) is 13.1. The molecule has 1 aliphatic heterocycles. The molecule has 1 aromatic heterocycles. The van der Waals surface area contributed by atoms with Crippen molar-refractivity contribution in [3.8, 4) is 0 Å². The summed E-state index contributed by atoms with van der Waals surface area (Å²) in [6.45, 7) is 0.530. The van der Waals surface area contributed by atoms with Crippen LogP contribution in [0, 0.1) is 0 Å². The third-order valence-electron chi connectivity index (χ3n) is 4.19. The fraction of sp³-hybridized carbons (Fsp3) is 0.100. The highest BCUT2D eigenvalue weighted by molar-refractivity contribution is 6.01. The Morgan fingerprint density at radius 1 is 0.917 bits per heavy atom. The maximum atomic E-state index is 13.1. The molecule has 4 heteroatoms. The quantitative estimate of drug-likeness (QED) is 0.798. The number of carbonyl (C=O) groups excluding carboxylic acids is 1. The number of aromatic nitrogens is 1. The first kappa shape index (κ1) is 14.5. The van der Waals surface area contributed by atoms with E-state index in [1.807, 2.05) is 77.7 Å². The first-order valence-electron chi connectivity index (χ1n) is 7.94. The SMILES string of the molecule is O=C1c2ccccc2NC(c2ccccn2)N1Cc1ccccc1. The molecule has 1 aliphatic rings. The molecule has 118 valence electrons. The lowest BCUT2D eigenvalue weighted by Crippen LogP contribution is -2.42. The van der Waals surface area contributed by atoms with Gasteiger partial charge in [0.25, 0.3) is 5.91 Å². The molecule has 2 aromatic carbocycles. The highest BCUT2D eigenvalue weighted by atomic mass is 16.2. The van der Waals surface area contributed by atoms with Crippen LogP contribution in [0.15, 0.2) is 79.0 Å². The fourth-order valence-corrected chi connectivity index (χ4v) is 3.01. The van der Waals surface area contributed by atoms with Crippen molar-refractivity contribution < 1.29 is 4.79 Å². The molecule has 4 rings (SSSR count). The largest absolute Gasteiger partial charge is 0.359 e. The Bertz CT molecular complexity index is 849. The van der Waals surface area contributed by atoms with Crippen molar-refractivity contribution in [2.75, 3.05) is 5.32 Å². The summed E-state index contributed by atoms with van der Waals surface area (Å²) >= 11 is 0. The molecule has 1 unspecified atom stereocenters. The maximum absolute atomic E-state index is 13.1. The van der Waals surface area contributed by atoms with E-state index in [-0.39, 0.29) is 12.1 Å². The molecule has 0 aliphatic carbocycles. The van der Waals surface area contributed by atoms with E-state index in [0.29, 0.717) is 12.1 Å². The zero-order valence-electron chi connectivity index (χ0n) is 13.1. The molecule has 0 radical (unpaired) electrons. The molecule has 2 heterocycles. The van der Waals surface area contributed by atoms with Crippen molar-refractivity contribution in [1.29, 1.82) is 0 Å². The standard InChI is InChI=1S/C20H17N3O/c24-20-16-10-4-5-11-17(16)22-19(18-12-6-7-13-21-18)23(20)14-15-8-2-1-3-9-15/h1-13,19,22H,14H2. The number of anilines is 1. The number of benzene rings is 2. The van der Waals surface area contributed by atoms with Gasteiger partial charge in [0.2, 0.25) is 0 Å². The summed E-state index contributed by atoms with van der Waals surface area (Å²) in [5.41, 5.74) is 3.47. The van der Waals surface area contributed by atoms with Gasteiger partial charge in [0.15, 0.2) is 0 Å². The van der Waals surface area contributed by atoms with E-state index < -0.39 is 0 Å². The Hall–Kier alpha value is -3.14. The summed E-state index contributed by atoms with van der Waals surface area (Å²) in [4.78, 5) is 19.3. The number of nitrogens with zero attached hydrogens (tertiary/aromatic N) is 2. The van der Waals surface area contributed by atoms with Gasteiger partial charge in [-0.05, 0) is 29.8 Å². The molecular weight excluding hydrogens is 298 g/mol. The van der Waals surface area contributed by atoms with Crippen molar-refractivity contribution in [1.82, 2.24) is 9.88 Å². The highest BCUT2D eigenvalue weighted by Crippen LogP contribution is 2.33. The number of para-hydroxylation sites is 1. The Morgan fingerprint density at radius 2 is 1.67 bits per heavy atom. The van der Waals surface area contributed by atoms with Gasteiger partial charge in [-0.15, -0.1) is 0 Å². The van der Waals surface area contributed by atoms with Crippen LogP contribution in [0.3, 0.4) is 0 Å². The fourth-order valence-electron chi connectivity index (χ4n) is 3.01. The molecule has 0 spiro atoms. The maximum Gasteiger partial charge on any atom is 0.258 e. The van der Waals surface area contributed by atoms with Crippen LogP contribution in [0.2, 0.25) is 0 Å². The third-order valence-corrected chi connectivity index (χ3v) is 4.19. The molecule has 4 nitrogen and oxygen atoms in total. The average molecular weight is 315 g/mol. The molecule has 3 aromatic rings. The topological polar surface area (TPSA) is 45.2 Å². The summed E-state index contributed by atoms with van der Waals surface area (Å²) in [7, 11) is 0. The summed E-state index contributed by atoms with van der Waals surface area (Å²) < 4.78 is 0. The molecule has 0 saturated carbocycles. The monoisotopic (exact) mass is 315 g/mol. The number of carbonyl (C=O) groups is 1. The van der Waals surface area contributed by atoms with Crippen LogP contribution < -0.4 is 5.32 Å². The van der Waals surface area contributed by atoms with Crippen molar-refractivity contribution in [2.45, 2.75) is 12.7 Å². The van der Waals surface area contributed by atoms with Crippen LogP contribution >= 0.6 is 0 Å². The van der Waals surface area contributed by atoms with E-state index in [1.54, 1.807) is 6.20 Å². The van der Waals surface area contributed by atoms with Crippen LogP contribution in [0.4, 0.5) is 5.69 Å². The summed E-state index contributed by atoms with van der Waals surface area (Å²) in [5.74, 6) is 0.0175. The van der Waals surface area contributed by atoms with Gasteiger partial charge in [0, 0.05) is 18.4 Å². The number of pyridine rings is 1. The molecular formula is C20H17N3O. The predicted molar refractivity (Wildman–Crippen MR) is 93.4 cm³/mol. The van der Waals surface area contributed by atoms with Gasteiger partial charge in [-0.25, -0.2) is 0 Å². The van der Waals surface area contributed by atoms with Crippen LogP contribution in [0.25, 0.3) is 0 Å². The lowest BCUT2D eigenvalue weighted by atomic mass is 10.0. The second-order valence-corrected chi connectivity index (χ2v) is 5.77. The Kier molecular flexibility index (Phi) is 3.71. The molecule has 1 N–H and O–H groups in total. The average Bonchev–Trinajstić information content (AvgIpc) is 2.65. The minimum atomic E-state index is -0.284. The number of hydrogen-bond acceptors (Lipinski definition) is 3. The highest BCUT2D eigenvalue weighted by Gasteiger charge is 2.33. The Morgan fingerprint density at radius 3 is 2.46 bits per heavy atom. The lowest BCUT2D eigenvalue weighted by molar-refractivity contribution is 0.0663. The van der Waals surface area contributed by atoms with E-state index in [0.717, 1.165) is 16.9 Å². The van der Waals surface area contributed by atoms with Gasteiger partial charge < -0.3 is 10.2 Å². The van der Waals surface area contributed by atoms with Crippen LogP contribution in [-0.4, -0.2) is 15.8 Å². The van der Waals surface area contributed by atoms with Gasteiger partial charge in [0.1, 0.15) is 6.17 Å². The van der Waals surface area contributed by atoms with E-state index in [1.165, 1.54) is 0 Å². The summed E-state index contributed by atoms with van der Waals surface area (Å²) in [6, 6.07) is 23.4. The number of fused-ring (bicyclic) bond motifs is 1. The number of nitrogens with one attached hydrogen (secondary N) is 1. The van der Waals surface area contributed by atoms with E-state index >= 15 is 0 Å². The molecule has 0 bridgehead atoms. The van der Waals surface area contributed by atoms with Crippen molar-refractivity contribution in [3.05, 3.63) is 95.8 Å². The summed E-state index contributed by atoms with van der Waals surface area (Å²) in [5, 5.41) is 3.46. The zero-order chi connectivity index (χ0) is 16.4.